The van der Waals surface area contributed by atoms with E-state index in [-0.39, 0.29) is 78.4 Å². The summed E-state index contributed by atoms with van der Waals surface area (Å²) in [5.41, 5.74) is 0.564. The van der Waals surface area contributed by atoms with Crippen LogP contribution in [0.4, 0.5) is 0 Å². The summed E-state index contributed by atoms with van der Waals surface area (Å²) in [7, 11) is 0. The Hall–Kier alpha value is -10.0. The molecule has 380 valence electrons. The largest absolute Gasteiger partial charge is 0.507 e. The maximum atomic E-state index is 12.2. The third-order valence-corrected chi connectivity index (χ3v) is 13.1. The zero-order valence-corrected chi connectivity index (χ0v) is 39.2. The summed E-state index contributed by atoms with van der Waals surface area (Å²) < 4.78 is 17.5. The predicted octanol–water partition coefficient (Wildman–Crippen LogP) is 8.76. The highest BCUT2D eigenvalue weighted by Gasteiger charge is 2.37. The molecule has 2 atom stereocenters. The molecule has 0 spiro atoms. The number of aliphatic carboxylic acids is 3. The van der Waals surface area contributed by atoms with Crippen LogP contribution in [0.3, 0.4) is 0 Å². The molecule has 17 nitrogen and oxygen atoms in total. The molecule has 8 aromatic rings. The van der Waals surface area contributed by atoms with E-state index in [0.717, 1.165) is 24.3 Å². The molecule has 0 heterocycles. The number of hydrogen-bond donors (Lipinski definition) is 11. The van der Waals surface area contributed by atoms with Crippen molar-refractivity contribution in [3.8, 4) is 63.2 Å². The Bertz CT molecular complexity index is 3340. The van der Waals surface area contributed by atoms with E-state index >= 15 is 0 Å². The van der Waals surface area contributed by atoms with Crippen LogP contribution in [0.1, 0.15) is 90.4 Å². The quantitative estimate of drug-likeness (QED) is 0.0514. The monoisotopic (exact) mass is 1010 g/mol. The second-order valence-electron chi connectivity index (χ2n) is 17.7. The Morgan fingerprint density at radius 1 is 0.293 bits per heavy atom. The third-order valence-electron chi connectivity index (χ3n) is 13.1. The molecule has 75 heavy (non-hydrogen) atoms. The Kier molecular flexibility index (Phi) is 13.7. The molecule has 11 N–H and O–H groups in total. The number of rotatable bonds is 13. The first-order chi connectivity index (χ1) is 36.0. The van der Waals surface area contributed by atoms with E-state index in [9.17, 15) is 70.6 Å². The first kappa shape index (κ1) is 49.9. The van der Waals surface area contributed by atoms with Crippen LogP contribution < -0.4 is 14.2 Å². The number of aromatic hydroxyl groups is 8. The molecule has 0 radical (unpaired) electrons. The van der Waals surface area contributed by atoms with E-state index in [1.54, 1.807) is 78.9 Å². The topological polar surface area (TPSA) is 301 Å². The molecule has 0 fully saturated rings. The Morgan fingerprint density at radius 3 is 0.773 bits per heavy atom. The van der Waals surface area contributed by atoms with Crippen LogP contribution in [-0.2, 0) is 14.4 Å². The number of benzene rings is 8. The lowest BCUT2D eigenvalue weighted by atomic mass is 9.75. The molecule has 2 unspecified atom stereocenters. The zero-order chi connectivity index (χ0) is 53.2. The van der Waals surface area contributed by atoms with E-state index in [1.807, 2.05) is 0 Å². The van der Waals surface area contributed by atoms with Crippen molar-refractivity contribution < 1.29 is 84.8 Å². The lowest BCUT2D eigenvalue weighted by Gasteiger charge is -2.30. The van der Waals surface area contributed by atoms with Gasteiger partial charge in [0.1, 0.15) is 63.2 Å². The number of phenolic OH excluding ortho intramolecular Hbond substituents is 8. The van der Waals surface area contributed by atoms with Crippen molar-refractivity contribution in [3.05, 3.63) is 218 Å². The summed E-state index contributed by atoms with van der Waals surface area (Å²) >= 11 is 0. The van der Waals surface area contributed by atoms with Crippen LogP contribution in [0.25, 0.3) is 0 Å². The minimum atomic E-state index is -1.45. The van der Waals surface area contributed by atoms with Crippen molar-refractivity contribution >= 4 is 17.9 Å². The highest BCUT2D eigenvalue weighted by Crippen LogP contribution is 2.55. The van der Waals surface area contributed by atoms with Crippen LogP contribution >= 0.6 is 0 Å². The molecule has 9 rings (SSSR count). The van der Waals surface area contributed by atoms with Gasteiger partial charge in [-0.15, -0.1) is 0 Å². The fraction of sp³-hybridized carbons (Fsp3) is 0.121. The molecule has 0 amide bonds. The molecule has 8 bridgehead atoms. The molecule has 0 aromatic heterocycles. The van der Waals surface area contributed by atoms with Gasteiger partial charge < -0.3 is 70.4 Å². The number of carboxylic acids is 3. The number of hydrogen-bond acceptors (Lipinski definition) is 14. The van der Waals surface area contributed by atoms with Crippen molar-refractivity contribution in [2.45, 2.75) is 23.7 Å². The summed E-state index contributed by atoms with van der Waals surface area (Å²) in [4.78, 5) is 35.9. The standard InChI is InChI=1S/C58H46O17/c59-41-22-43(61)35-18-33(41)55(29-10-2-1-3-11-29)34-19-36(44(62)23-42(34)60)57(31-13-5-8-16-50(31)74-27-53(69)70)38-21-40(48(66)25-46(38)64)58(32-14-6-9-17-51(32)75-28-54(71)72)39-20-37(45(63)24-47(39)65)56(35)30-12-4-7-15-49(30)73-26-52(67)68/h1-25,55-66H,26-28H2,(H,67,68)(H,69,70)(H,71,72). The Morgan fingerprint density at radius 2 is 0.520 bits per heavy atom. The summed E-state index contributed by atoms with van der Waals surface area (Å²) in [5.74, 6) is -13.9. The van der Waals surface area contributed by atoms with Crippen LogP contribution in [0, 0.1) is 0 Å². The van der Waals surface area contributed by atoms with Gasteiger partial charge in [-0.2, -0.15) is 0 Å². The van der Waals surface area contributed by atoms with E-state index in [2.05, 4.69) is 0 Å². The highest BCUT2D eigenvalue weighted by molar-refractivity contribution is 5.72. The maximum absolute atomic E-state index is 12.2. The normalized spacial score (nSPS) is 15.8. The summed E-state index contributed by atoms with van der Waals surface area (Å²) in [6.07, 6.45) is 0. The first-order valence-electron chi connectivity index (χ1n) is 23.1. The number of carboxylic acid groups (broad SMARTS) is 3. The van der Waals surface area contributed by atoms with Gasteiger partial charge in [-0.3, -0.25) is 0 Å². The highest BCUT2D eigenvalue weighted by atomic mass is 16.5. The molecule has 1 aliphatic rings. The number of ether oxygens (including phenoxy) is 3. The van der Waals surface area contributed by atoms with Crippen LogP contribution in [0.2, 0.25) is 0 Å². The van der Waals surface area contributed by atoms with Gasteiger partial charge in [0.25, 0.3) is 0 Å². The SMILES string of the molecule is O=C(O)COc1ccccc1C1c2cc(c(O)cc2O)C(c2ccccc2)c2cc(c(O)cc2O)C(c2ccccc2OCC(=O)O)c2cc(c(O)cc2O)C(c2ccccc2OCC(=O)O)c2cc1c(O)cc2O. The average Bonchev–Trinajstić information content (AvgIpc) is 3.38. The number of phenols is 8. The van der Waals surface area contributed by atoms with Crippen LogP contribution in [0.15, 0.2) is 152 Å². The fourth-order valence-corrected chi connectivity index (χ4v) is 9.95. The van der Waals surface area contributed by atoms with Gasteiger partial charge in [0.15, 0.2) is 19.8 Å². The smallest absolute Gasteiger partial charge is 0.341 e. The third kappa shape index (κ3) is 9.84. The van der Waals surface area contributed by atoms with Gasteiger partial charge in [0.2, 0.25) is 0 Å². The fourth-order valence-electron chi connectivity index (χ4n) is 9.95. The van der Waals surface area contributed by atoms with Gasteiger partial charge in [-0.25, -0.2) is 14.4 Å². The predicted molar refractivity (Wildman–Crippen MR) is 268 cm³/mol. The first-order valence-corrected chi connectivity index (χ1v) is 23.1. The zero-order valence-electron chi connectivity index (χ0n) is 39.2. The number of carbonyl (C=O) groups is 3. The van der Waals surface area contributed by atoms with Gasteiger partial charge in [-0.1, -0.05) is 84.9 Å². The summed E-state index contributed by atoms with van der Waals surface area (Å²) in [6.45, 7) is -2.49. The molecule has 0 aliphatic heterocycles. The lowest BCUT2D eigenvalue weighted by Crippen LogP contribution is -2.16. The minimum absolute atomic E-state index is 0.0220. The van der Waals surface area contributed by atoms with Gasteiger partial charge in [0, 0.05) is 109 Å². The molecule has 17 heteroatoms. The average molecular weight is 1010 g/mol. The Labute approximate surface area is 426 Å². The van der Waals surface area contributed by atoms with E-state index in [4.69, 9.17) is 14.2 Å². The van der Waals surface area contributed by atoms with Crippen molar-refractivity contribution in [2.75, 3.05) is 19.8 Å². The van der Waals surface area contributed by atoms with Crippen molar-refractivity contribution in [1.29, 1.82) is 0 Å². The number of fused-ring (bicyclic) bond motifs is 8. The molecule has 1 aliphatic carbocycles. The van der Waals surface area contributed by atoms with Crippen LogP contribution in [-0.4, -0.2) is 93.9 Å². The van der Waals surface area contributed by atoms with E-state index < -0.39 is 107 Å². The van der Waals surface area contributed by atoms with Crippen LogP contribution in [0.5, 0.6) is 63.2 Å². The second kappa shape index (κ2) is 20.6. The van der Waals surface area contributed by atoms with E-state index in [0.29, 0.717) is 5.56 Å². The lowest BCUT2D eigenvalue weighted by molar-refractivity contribution is -0.140. The minimum Gasteiger partial charge on any atom is -0.507 e. The number of para-hydroxylation sites is 3. The van der Waals surface area contributed by atoms with Gasteiger partial charge >= 0.3 is 17.9 Å². The van der Waals surface area contributed by atoms with Gasteiger partial charge in [0.05, 0.1) is 0 Å². The van der Waals surface area contributed by atoms with Crippen molar-refractivity contribution in [1.82, 2.24) is 0 Å². The van der Waals surface area contributed by atoms with E-state index in [1.165, 1.54) is 48.5 Å². The summed E-state index contributed by atoms with van der Waals surface area (Å²) in [6, 6.07) is 36.6. The van der Waals surface area contributed by atoms with Gasteiger partial charge in [-0.05, 0) is 48.0 Å². The molecular weight excluding hydrogens is 969 g/mol. The molecule has 0 saturated carbocycles. The van der Waals surface area contributed by atoms with Crippen molar-refractivity contribution in [3.63, 3.8) is 0 Å². The Balaban J connectivity index is 1.49. The molecule has 0 saturated heterocycles. The van der Waals surface area contributed by atoms with Crippen molar-refractivity contribution in [2.24, 2.45) is 0 Å². The second-order valence-corrected chi connectivity index (χ2v) is 17.7. The maximum Gasteiger partial charge on any atom is 0.341 e. The molecule has 8 aromatic carbocycles. The molecular formula is C58H46O17. The summed E-state index contributed by atoms with van der Waals surface area (Å²) in [5, 5.41) is 127.